The summed E-state index contributed by atoms with van der Waals surface area (Å²) < 4.78 is 0. The first-order chi connectivity index (χ1) is 6.02. The summed E-state index contributed by atoms with van der Waals surface area (Å²) in [6, 6.07) is 0. The molecule has 0 fully saturated rings. The highest BCUT2D eigenvalue weighted by Crippen LogP contribution is 1.90. The standard InChI is InChI=1S/C9H14N2O2/c1-7(2)5-6-11-9(13)4-3-8(10)12/h3-7H,1-2H3,(H2,10,12)(H,11,13)/b4-3+,6-5+. The van der Waals surface area contributed by atoms with Crippen LogP contribution in [0.15, 0.2) is 24.4 Å². The van der Waals surface area contributed by atoms with E-state index < -0.39 is 5.91 Å². The van der Waals surface area contributed by atoms with Crippen LogP contribution in [0.25, 0.3) is 0 Å². The first-order valence-corrected chi connectivity index (χ1v) is 3.97. The lowest BCUT2D eigenvalue weighted by Gasteiger charge is -1.94. The molecule has 0 spiro atoms. The highest BCUT2D eigenvalue weighted by Gasteiger charge is 1.91. The van der Waals surface area contributed by atoms with Gasteiger partial charge in [-0.3, -0.25) is 9.59 Å². The van der Waals surface area contributed by atoms with Gasteiger partial charge < -0.3 is 11.1 Å². The fraction of sp³-hybridized carbons (Fsp3) is 0.333. The molecule has 0 atom stereocenters. The van der Waals surface area contributed by atoms with E-state index in [2.05, 4.69) is 5.32 Å². The molecule has 13 heavy (non-hydrogen) atoms. The van der Waals surface area contributed by atoms with Gasteiger partial charge in [0.15, 0.2) is 0 Å². The van der Waals surface area contributed by atoms with Crippen molar-refractivity contribution in [3.63, 3.8) is 0 Å². The Morgan fingerprint density at radius 2 is 1.92 bits per heavy atom. The summed E-state index contributed by atoms with van der Waals surface area (Å²) in [5.74, 6) is -0.626. The van der Waals surface area contributed by atoms with Gasteiger partial charge in [-0.15, -0.1) is 0 Å². The molecule has 0 unspecified atom stereocenters. The van der Waals surface area contributed by atoms with Gasteiger partial charge in [0.2, 0.25) is 11.8 Å². The van der Waals surface area contributed by atoms with E-state index >= 15 is 0 Å². The topological polar surface area (TPSA) is 72.2 Å². The Morgan fingerprint density at radius 3 is 2.38 bits per heavy atom. The molecular weight excluding hydrogens is 168 g/mol. The van der Waals surface area contributed by atoms with Crippen LogP contribution in [0.5, 0.6) is 0 Å². The van der Waals surface area contributed by atoms with Crippen LogP contribution in [-0.4, -0.2) is 11.8 Å². The molecule has 3 N–H and O–H groups in total. The van der Waals surface area contributed by atoms with Crippen LogP contribution in [0.1, 0.15) is 13.8 Å². The summed E-state index contributed by atoms with van der Waals surface area (Å²) in [5, 5.41) is 2.46. The highest BCUT2D eigenvalue weighted by molar-refractivity contribution is 5.96. The zero-order valence-electron chi connectivity index (χ0n) is 7.78. The minimum atomic E-state index is -0.636. The third-order valence-corrected chi connectivity index (χ3v) is 1.11. The number of carbonyl (C=O) groups is 2. The van der Waals surface area contributed by atoms with Crippen LogP contribution in [0.2, 0.25) is 0 Å². The van der Waals surface area contributed by atoms with Crippen molar-refractivity contribution in [1.82, 2.24) is 5.32 Å². The maximum Gasteiger partial charge on any atom is 0.248 e. The highest BCUT2D eigenvalue weighted by atomic mass is 16.2. The molecule has 0 aromatic heterocycles. The quantitative estimate of drug-likeness (QED) is 0.614. The van der Waals surface area contributed by atoms with Gasteiger partial charge in [-0.25, -0.2) is 0 Å². The molecule has 0 heterocycles. The minimum absolute atomic E-state index is 0.365. The molecular formula is C9H14N2O2. The van der Waals surface area contributed by atoms with Crippen molar-refractivity contribution in [1.29, 1.82) is 0 Å². The molecule has 0 saturated heterocycles. The van der Waals surface area contributed by atoms with Crippen LogP contribution in [-0.2, 0) is 9.59 Å². The number of carbonyl (C=O) groups excluding carboxylic acids is 2. The van der Waals surface area contributed by atoms with Gasteiger partial charge in [0.1, 0.15) is 0 Å². The molecule has 0 rings (SSSR count). The van der Waals surface area contributed by atoms with Crippen molar-refractivity contribution in [2.75, 3.05) is 0 Å². The van der Waals surface area contributed by atoms with Crippen molar-refractivity contribution >= 4 is 11.8 Å². The van der Waals surface area contributed by atoms with Gasteiger partial charge >= 0.3 is 0 Å². The molecule has 0 aromatic carbocycles. The number of nitrogens with two attached hydrogens (primary N) is 1. The largest absolute Gasteiger partial charge is 0.366 e. The van der Waals surface area contributed by atoms with Gasteiger partial charge in [-0.1, -0.05) is 19.9 Å². The van der Waals surface area contributed by atoms with E-state index in [1.54, 1.807) is 6.20 Å². The summed E-state index contributed by atoms with van der Waals surface area (Å²) in [7, 11) is 0. The lowest BCUT2D eigenvalue weighted by molar-refractivity contribution is -0.117. The van der Waals surface area contributed by atoms with E-state index in [1.807, 2.05) is 19.9 Å². The SMILES string of the molecule is CC(C)/C=C/NC(=O)/C=C/C(N)=O. The fourth-order valence-electron chi connectivity index (χ4n) is 0.529. The van der Waals surface area contributed by atoms with Crippen molar-refractivity contribution in [2.24, 2.45) is 11.7 Å². The molecule has 0 bridgehead atoms. The van der Waals surface area contributed by atoms with Gasteiger partial charge in [0, 0.05) is 18.4 Å². The number of primary amides is 1. The van der Waals surface area contributed by atoms with Crippen molar-refractivity contribution < 1.29 is 9.59 Å². The van der Waals surface area contributed by atoms with E-state index in [4.69, 9.17) is 5.73 Å². The molecule has 4 nitrogen and oxygen atoms in total. The molecule has 0 saturated carbocycles. The van der Waals surface area contributed by atoms with Crippen LogP contribution >= 0.6 is 0 Å². The minimum Gasteiger partial charge on any atom is -0.366 e. The van der Waals surface area contributed by atoms with Crippen molar-refractivity contribution in [3.8, 4) is 0 Å². The third-order valence-electron chi connectivity index (χ3n) is 1.11. The van der Waals surface area contributed by atoms with E-state index in [0.29, 0.717) is 5.92 Å². The second-order valence-electron chi connectivity index (χ2n) is 2.85. The number of nitrogens with one attached hydrogen (secondary N) is 1. The lowest BCUT2D eigenvalue weighted by Crippen LogP contribution is -2.15. The Bertz CT molecular complexity index is 242. The van der Waals surface area contributed by atoms with Crippen molar-refractivity contribution in [3.05, 3.63) is 24.4 Å². The zero-order chi connectivity index (χ0) is 10.3. The second kappa shape index (κ2) is 5.99. The molecule has 0 radical (unpaired) electrons. The monoisotopic (exact) mass is 182 g/mol. The second-order valence-corrected chi connectivity index (χ2v) is 2.85. The van der Waals surface area contributed by atoms with Gasteiger partial charge in [-0.2, -0.15) is 0 Å². The van der Waals surface area contributed by atoms with E-state index in [-0.39, 0.29) is 5.91 Å². The van der Waals surface area contributed by atoms with E-state index in [9.17, 15) is 9.59 Å². The predicted octanol–water partition coefficient (Wildman–Crippen LogP) is 0.314. The number of hydrogen-bond acceptors (Lipinski definition) is 2. The lowest BCUT2D eigenvalue weighted by atomic mass is 10.2. The number of rotatable bonds is 4. The third kappa shape index (κ3) is 8.33. The first-order valence-electron chi connectivity index (χ1n) is 3.97. The summed E-state index contributed by atoms with van der Waals surface area (Å²) >= 11 is 0. The molecule has 0 aliphatic rings. The molecule has 2 amide bonds. The average molecular weight is 182 g/mol. The summed E-state index contributed by atoms with van der Waals surface area (Å²) in [5.41, 5.74) is 4.79. The van der Waals surface area contributed by atoms with E-state index in [0.717, 1.165) is 12.2 Å². The van der Waals surface area contributed by atoms with Crippen LogP contribution in [0, 0.1) is 5.92 Å². The Kier molecular flexibility index (Phi) is 5.27. The van der Waals surface area contributed by atoms with Gasteiger partial charge in [0.05, 0.1) is 0 Å². The normalized spacial score (nSPS) is 11.3. The van der Waals surface area contributed by atoms with Crippen LogP contribution < -0.4 is 11.1 Å². The van der Waals surface area contributed by atoms with Gasteiger partial charge in [-0.05, 0) is 5.92 Å². The first kappa shape index (κ1) is 11.4. The molecule has 72 valence electrons. The number of hydrogen-bond donors (Lipinski definition) is 2. The smallest absolute Gasteiger partial charge is 0.248 e. The summed E-state index contributed by atoms with van der Waals surface area (Å²) in [6.45, 7) is 3.98. The summed E-state index contributed by atoms with van der Waals surface area (Å²) in [6.07, 6.45) is 5.47. The maximum atomic E-state index is 10.9. The summed E-state index contributed by atoms with van der Waals surface area (Å²) in [4.78, 5) is 21.1. The molecule has 0 aromatic rings. The maximum absolute atomic E-state index is 10.9. The van der Waals surface area contributed by atoms with Crippen LogP contribution in [0.3, 0.4) is 0 Å². The Morgan fingerprint density at radius 1 is 1.31 bits per heavy atom. The van der Waals surface area contributed by atoms with Crippen molar-refractivity contribution in [2.45, 2.75) is 13.8 Å². The van der Waals surface area contributed by atoms with Gasteiger partial charge in [0.25, 0.3) is 0 Å². The van der Waals surface area contributed by atoms with Crippen LogP contribution in [0.4, 0.5) is 0 Å². The Balaban J connectivity index is 3.82. The van der Waals surface area contributed by atoms with E-state index in [1.165, 1.54) is 0 Å². The molecule has 0 aliphatic carbocycles. The predicted molar refractivity (Wildman–Crippen MR) is 50.5 cm³/mol. The number of allylic oxidation sites excluding steroid dienone is 1. The average Bonchev–Trinajstić information content (AvgIpc) is 2.00. The number of amides is 2. The Labute approximate surface area is 77.5 Å². The molecule has 0 aliphatic heterocycles. The Hall–Kier alpha value is -1.58. The fourth-order valence-corrected chi connectivity index (χ4v) is 0.529. The zero-order valence-corrected chi connectivity index (χ0v) is 7.78. The molecule has 4 heteroatoms.